The van der Waals surface area contributed by atoms with E-state index in [0.29, 0.717) is 17.1 Å². The number of urea groups is 1. The first-order chi connectivity index (χ1) is 12.5. The van der Waals surface area contributed by atoms with E-state index in [0.717, 1.165) is 9.37 Å². The summed E-state index contributed by atoms with van der Waals surface area (Å²) in [6.45, 7) is 0. The zero-order chi connectivity index (χ0) is 18.7. The third kappa shape index (κ3) is 3.65. The maximum atomic E-state index is 12.7. The van der Waals surface area contributed by atoms with Gasteiger partial charge in [0.25, 0.3) is 5.91 Å². The van der Waals surface area contributed by atoms with Crippen molar-refractivity contribution in [3.8, 4) is 5.75 Å². The van der Waals surface area contributed by atoms with Crippen molar-refractivity contribution in [2.75, 3.05) is 12.0 Å². The van der Waals surface area contributed by atoms with Gasteiger partial charge in [0.2, 0.25) is 5.91 Å². The molecule has 0 spiro atoms. The van der Waals surface area contributed by atoms with E-state index >= 15 is 0 Å². The molecule has 1 heterocycles. The maximum absolute atomic E-state index is 12.7. The summed E-state index contributed by atoms with van der Waals surface area (Å²) < 4.78 is 5.93. The Kier molecular flexibility index (Phi) is 5.13. The van der Waals surface area contributed by atoms with Crippen LogP contribution in [0.25, 0.3) is 0 Å². The maximum Gasteiger partial charge on any atom is 0.335 e. The van der Waals surface area contributed by atoms with E-state index in [1.807, 2.05) is 6.07 Å². The Labute approximate surface area is 157 Å². The van der Waals surface area contributed by atoms with Gasteiger partial charge in [-0.25, -0.2) is 9.69 Å². The molecule has 1 fully saturated rings. The van der Waals surface area contributed by atoms with Gasteiger partial charge in [0, 0.05) is 16.8 Å². The van der Waals surface area contributed by atoms with Crippen LogP contribution in [0.15, 0.2) is 58.0 Å². The Balaban J connectivity index is 1.90. The van der Waals surface area contributed by atoms with E-state index in [9.17, 15) is 14.4 Å². The average molecular weight is 416 g/mol. The molecule has 1 atom stereocenters. The fourth-order valence-corrected chi connectivity index (χ4v) is 2.82. The first-order valence-corrected chi connectivity index (χ1v) is 8.41. The number of nitrogens with one attached hydrogen (secondary N) is 1. The van der Waals surface area contributed by atoms with Gasteiger partial charge in [-0.3, -0.25) is 19.9 Å². The number of methoxy groups -OCH3 is 1. The molecular weight excluding hydrogens is 402 g/mol. The summed E-state index contributed by atoms with van der Waals surface area (Å²) in [5.41, 5.74) is 0.880. The molecule has 7 nitrogen and oxygen atoms in total. The number of ether oxygens (including phenoxy) is 1. The lowest BCUT2D eigenvalue weighted by atomic mass is 10.1. The van der Waals surface area contributed by atoms with Gasteiger partial charge in [-0.1, -0.05) is 28.1 Å². The minimum atomic E-state index is -1.21. The van der Waals surface area contributed by atoms with Crippen LogP contribution in [0.4, 0.5) is 16.2 Å². The minimum absolute atomic E-state index is 0.306. The predicted octanol–water partition coefficient (Wildman–Crippen LogP) is 3.06. The van der Waals surface area contributed by atoms with E-state index in [1.54, 1.807) is 36.4 Å². The van der Waals surface area contributed by atoms with Crippen LogP contribution in [0, 0.1) is 5.92 Å². The molecule has 0 saturated carbocycles. The van der Waals surface area contributed by atoms with E-state index in [1.165, 1.54) is 19.4 Å². The van der Waals surface area contributed by atoms with Crippen molar-refractivity contribution in [1.29, 1.82) is 0 Å². The number of benzene rings is 2. The molecule has 0 unspecified atom stereocenters. The molecule has 3 rings (SSSR count). The molecule has 1 aliphatic rings. The molecule has 2 aromatic rings. The molecule has 0 aromatic heterocycles. The van der Waals surface area contributed by atoms with Gasteiger partial charge in [-0.15, -0.1) is 0 Å². The molecule has 0 bridgehead atoms. The van der Waals surface area contributed by atoms with Crippen molar-refractivity contribution in [2.24, 2.45) is 10.9 Å². The van der Waals surface area contributed by atoms with E-state index < -0.39 is 23.8 Å². The van der Waals surface area contributed by atoms with Crippen LogP contribution in [0.3, 0.4) is 0 Å². The van der Waals surface area contributed by atoms with Gasteiger partial charge in [0.05, 0.1) is 18.5 Å². The van der Waals surface area contributed by atoms with Gasteiger partial charge in [0.15, 0.2) is 5.92 Å². The lowest BCUT2D eigenvalue weighted by molar-refractivity contribution is -0.131. The second kappa shape index (κ2) is 7.49. The van der Waals surface area contributed by atoms with Crippen LogP contribution in [0.5, 0.6) is 5.75 Å². The molecule has 4 amide bonds. The predicted molar refractivity (Wildman–Crippen MR) is 99.8 cm³/mol. The minimum Gasteiger partial charge on any atom is -0.497 e. The van der Waals surface area contributed by atoms with Gasteiger partial charge < -0.3 is 4.74 Å². The standard InChI is InChI=1S/C18H14BrN3O4/c1-26-14-7-3-6-13(9-14)22-17(24)15(16(23)21-18(22)25)10-20-12-5-2-4-11(19)8-12/h2-10,15H,1H3,(H,21,23,25)/t15-/m0/s1. The smallest absolute Gasteiger partial charge is 0.335 e. The Bertz CT molecular complexity index is 913. The van der Waals surface area contributed by atoms with Crippen LogP contribution >= 0.6 is 15.9 Å². The van der Waals surface area contributed by atoms with Crippen molar-refractivity contribution in [3.63, 3.8) is 0 Å². The molecule has 1 saturated heterocycles. The summed E-state index contributed by atoms with van der Waals surface area (Å²) in [6, 6.07) is 12.7. The number of hydrogen-bond donors (Lipinski definition) is 1. The third-order valence-electron chi connectivity index (χ3n) is 3.69. The largest absolute Gasteiger partial charge is 0.497 e. The summed E-state index contributed by atoms with van der Waals surface area (Å²) in [4.78, 5) is 42.1. The number of aliphatic imine (C=N–C) groups is 1. The number of rotatable bonds is 4. The molecule has 2 aromatic carbocycles. The van der Waals surface area contributed by atoms with Gasteiger partial charge in [0.1, 0.15) is 5.75 Å². The van der Waals surface area contributed by atoms with E-state index in [2.05, 4.69) is 26.2 Å². The molecule has 8 heteroatoms. The first kappa shape index (κ1) is 17.8. The number of carbonyl (C=O) groups is 3. The molecular formula is C18H14BrN3O4. The average Bonchev–Trinajstić information content (AvgIpc) is 2.61. The van der Waals surface area contributed by atoms with Crippen LogP contribution < -0.4 is 15.0 Å². The van der Waals surface area contributed by atoms with Crippen molar-refractivity contribution in [2.45, 2.75) is 0 Å². The van der Waals surface area contributed by atoms with Gasteiger partial charge >= 0.3 is 6.03 Å². The lowest BCUT2D eigenvalue weighted by Gasteiger charge is -2.28. The van der Waals surface area contributed by atoms with Gasteiger partial charge in [-0.2, -0.15) is 0 Å². The number of amides is 4. The Morgan fingerprint density at radius 3 is 2.65 bits per heavy atom. The summed E-state index contributed by atoms with van der Waals surface area (Å²) in [6.07, 6.45) is 1.24. The zero-order valence-corrected chi connectivity index (χ0v) is 15.3. The number of carbonyl (C=O) groups excluding carboxylic acids is 3. The number of barbiturate groups is 1. The zero-order valence-electron chi connectivity index (χ0n) is 13.7. The highest BCUT2D eigenvalue weighted by molar-refractivity contribution is 9.10. The highest BCUT2D eigenvalue weighted by atomic mass is 79.9. The normalized spacial score (nSPS) is 17.5. The SMILES string of the molecule is COc1cccc(N2C(=O)NC(=O)[C@H](C=Nc3cccc(Br)c3)C2=O)c1. The van der Waals surface area contributed by atoms with Crippen LogP contribution in [-0.2, 0) is 9.59 Å². The quantitative estimate of drug-likeness (QED) is 0.613. The van der Waals surface area contributed by atoms with Crippen LogP contribution in [-0.4, -0.2) is 31.2 Å². The second-order valence-electron chi connectivity index (χ2n) is 5.41. The van der Waals surface area contributed by atoms with E-state index in [4.69, 9.17) is 4.74 Å². The number of imide groups is 2. The number of nitrogens with zero attached hydrogens (tertiary/aromatic N) is 2. The monoisotopic (exact) mass is 415 g/mol. The van der Waals surface area contributed by atoms with E-state index in [-0.39, 0.29) is 0 Å². The Morgan fingerprint density at radius 1 is 1.15 bits per heavy atom. The highest BCUT2D eigenvalue weighted by Crippen LogP contribution is 2.25. The first-order valence-electron chi connectivity index (χ1n) is 7.62. The van der Waals surface area contributed by atoms with Gasteiger partial charge in [-0.05, 0) is 30.3 Å². The summed E-state index contributed by atoms with van der Waals surface area (Å²) in [5.74, 6) is -2.11. The Morgan fingerprint density at radius 2 is 1.92 bits per heavy atom. The molecule has 0 aliphatic carbocycles. The lowest BCUT2D eigenvalue weighted by Crippen LogP contribution is -2.58. The highest BCUT2D eigenvalue weighted by Gasteiger charge is 2.40. The number of hydrogen-bond acceptors (Lipinski definition) is 5. The third-order valence-corrected chi connectivity index (χ3v) is 4.19. The van der Waals surface area contributed by atoms with Crippen molar-refractivity contribution in [1.82, 2.24) is 5.32 Å². The van der Waals surface area contributed by atoms with Crippen molar-refractivity contribution >= 4 is 51.4 Å². The molecule has 26 heavy (non-hydrogen) atoms. The summed E-state index contributed by atoms with van der Waals surface area (Å²) in [5, 5.41) is 2.18. The molecule has 1 N–H and O–H groups in total. The molecule has 0 radical (unpaired) electrons. The van der Waals surface area contributed by atoms with Crippen molar-refractivity contribution in [3.05, 3.63) is 53.0 Å². The van der Waals surface area contributed by atoms with Crippen molar-refractivity contribution < 1.29 is 19.1 Å². The second-order valence-corrected chi connectivity index (χ2v) is 6.32. The Hall–Kier alpha value is -3.00. The van der Waals surface area contributed by atoms with Crippen LogP contribution in [0.1, 0.15) is 0 Å². The summed E-state index contributed by atoms with van der Waals surface area (Å²) >= 11 is 3.33. The fraction of sp³-hybridized carbons (Fsp3) is 0.111. The molecule has 132 valence electrons. The summed E-state index contributed by atoms with van der Waals surface area (Å²) in [7, 11) is 1.48. The number of halogens is 1. The fourth-order valence-electron chi connectivity index (χ4n) is 2.43. The molecule has 1 aliphatic heterocycles. The topological polar surface area (TPSA) is 88.1 Å². The number of anilines is 1. The van der Waals surface area contributed by atoms with Crippen LogP contribution in [0.2, 0.25) is 0 Å².